The first kappa shape index (κ1) is 15.6. The normalized spacial score (nSPS) is 13.3. The average molecular weight is 348 g/mol. The Kier molecular flexibility index (Phi) is 5.02. The van der Waals surface area contributed by atoms with Gasteiger partial charge in [-0.05, 0) is 36.2 Å². The van der Waals surface area contributed by atoms with Crippen molar-refractivity contribution >= 4 is 27.6 Å². The Morgan fingerprint density at radius 2 is 1.76 bits per heavy atom. The number of rotatable bonds is 5. The van der Waals surface area contributed by atoms with Gasteiger partial charge in [-0.2, -0.15) is 0 Å². The Morgan fingerprint density at radius 1 is 1.14 bits per heavy atom. The number of halogens is 1. The zero-order valence-corrected chi connectivity index (χ0v) is 13.7. The van der Waals surface area contributed by atoms with Crippen LogP contribution in [0.3, 0.4) is 0 Å². The molecule has 0 saturated heterocycles. The molecule has 1 N–H and O–H groups in total. The van der Waals surface area contributed by atoms with E-state index in [1.165, 1.54) is 7.11 Å². The molecular formula is C17H18BrNO2. The SMILES string of the molecule is CCC(Nc1ccccc1)(C(=O)OC)c1ccc(Br)cc1. The summed E-state index contributed by atoms with van der Waals surface area (Å²) in [6.07, 6.45) is 0.580. The van der Waals surface area contributed by atoms with E-state index in [1.54, 1.807) is 0 Å². The first-order valence-corrected chi connectivity index (χ1v) is 7.59. The molecule has 0 fully saturated rings. The lowest BCUT2D eigenvalue weighted by molar-refractivity contribution is -0.146. The first-order chi connectivity index (χ1) is 10.1. The Balaban J connectivity index is 2.47. The molecule has 0 aliphatic rings. The molecule has 0 aliphatic heterocycles. The summed E-state index contributed by atoms with van der Waals surface area (Å²) in [6.45, 7) is 1.97. The van der Waals surface area contributed by atoms with E-state index in [1.807, 2.05) is 61.5 Å². The van der Waals surface area contributed by atoms with Crippen LogP contribution in [0.1, 0.15) is 18.9 Å². The fraction of sp³-hybridized carbons (Fsp3) is 0.235. The van der Waals surface area contributed by atoms with Crippen molar-refractivity contribution in [3.05, 3.63) is 64.6 Å². The van der Waals surface area contributed by atoms with Gasteiger partial charge in [0, 0.05) is 10.2 Å². The number of para-hydroxylation sites is 1. The number of hydrogen-bond donors (Lipinski definition) is 1. The molecule has 0 amide bonds. The van der Waals surface area contributed by atoms with E-state index in [4.69, 9.17) is 4.74 Å². The summed E-state index contributed by atoms with van der Waals surface area (Å²) in [4.78, 5) is 12.5. The second-order valence-electron chi connectivity index (χ2n) is 4.75. The number of carbonyl (C=O) groups is 1. The molecule has 21 heavy (non-hydrogen) atoms. The maximum absolute atomic E-state index is 12.5. The van der Waals surface area contributed by atoms with Crippen molar-refractivity contribution in [3.8, 4) is 0 Å². The van der Waals surface area contributed by atoms with Crippen LogP contribution in [-0.4, -0.2) is 13.1 Å². The third-order valence-corrected chi connectivity index (χ3v) is 4.06. The summed E-state index contributed by atoms with van der Waals surface area (Å²) in [6, 6.07) is 17.4. The zero-order chi connectivity index (χ0) is 15.3. The lowest BCUT2D eigenvalue weighted by atomic mass is 9.86. The highest BCUT2D eigenvalue weighted by atomic mass is 79.9. The maximum Gasteiger partial charge on any atom is 0.336 e. The van der Waals surface area contributed by atoms with Crippen LogP contribution in [-0.2, 0) is 15.1 Å². The largest absolute Gasteiger partial charge is 0.467 e. The predicted molar refractivity (Wildman–Crippen MR) is 88.2 cm³/mol. The molecule has 1 atom stereocenters. The van der Waals surface area contributed by atoms with Crippen molar-refractivity contribution in [1.82, 2.24) is 0 Å². The average Bonchev–Trinajstić information content (AvgIpc) is 2.54. The summed E-state index contributed by atoms with van der Waals surface area (Å²) < 4.78 is 6.02. The van der Waals surface area contributed by atoms with Crippen molar-refractivity contribution < 1.29 is 9.53 Å². The van der Waals surface area contributed by atoms with Crippen LogP contribution in [0.25, 0.3) is 0 Å². The van der Waals surface area contributed by atoms with E-state index < -0.39 is 5.54 Å². The molecular weight excluding hydrogens is 330 g/mol. The number of anilines is 1. The fourth-order valence-electron chi connectivity index (χ4n) is 2.35. The van der Waals surface area contributed by atoms with Crippen molar-refractivity contribution in [2.75, 3.05) is 12.4 Å². The molecule has 3 nitrogen and oxygen atoms in total. The summed E-state index contributed by atoms with van der Waals surface area (Å²) in [7, 11) is 1.41. The number of carbonyl (C=O) groups excluding carboxylic acids is 1. The van der Waals surface area contributed by atoms with Crippen LogP contribution in [0, 0.1) is 0 Å². The first-order valence-electron chi connectivity index (χ1n) is 6.80. The molecule has 0 aliphatic carbocycles. The number of methoxy groups -OCH3 is 1. The van der Waals surface area contributed by atoms with Gasteiger partial charge in [0.15, 0.2) is 5.54 Å². The highest BCUT2D eigenvalue weighted by Gasteiger charge is 2.39. The maximum atomic E-state index is 12.5. The van der Waals surface area contributed by atoms with Gasteiger partial charge in [-0.25, -0.2) is 4.79 Å². The highest BCUT2D eigenvalue weighted by Crippen LogP contribution is 2.32. The second kappa shape index (κ2) is 6.76. The summed E-state index contributed by atoms with van der Waals surface area (Å²) in [5.74, 6) is -0.295. The molecule has 2 aromatic carbocycles. The Morgan fingerprint density at radius 3 is 2.29 bits per heavy atom. The summed E-state index contributed by atoms with van der Waals surface area (Å²) in [5, 5.41) is 3.34. The quantitative estimate of drug-likeness (QED) is 0.817. The molecule has 4 heteroatoms. The lowest BCUT2D eigenvalue weighted by Crippen LogP contribution is -2.43. The van der Waals surface area contributed by atoms with Gasteiger partial charge in [0.2, 0.25) is 0 Å². The van der Waals surface area contributed by atoms with Gasteiger partial charge in [0.25, 0.3) is 0 Å². The monoisotopic (exact) mass is 347 g/mol. The van der Waals surface area contributed by atoms with Gasteiger partial charge in [0.1, 0.15) is 0 Å². The number of benzene rings is 2. The standard InChI is InChI=1S/C17H18BrNO2/c1-3-17(16(20)21-2,13-9-11-14(18)12-10-13)19-15-7-5-4-6-8-15/h4-12,19H,3H2,1-2H3. The number of esters is 1. The molecule has 2 aromatic rings. The number of ether oxygens (including phenoxy) is 1. The molecule has 0 heterocycles. The van der Waals surface area contributed by atoms with Gasteiger partial charge in [-0.1, -0.05) is 53.2 Å². The van der Waals surface area contributed by atoms with Gasteiger partial charge in [-0.15, -0.1) is 0 Å². The Labute approximate surface area is 133 Å². The van der Waals surface area contributed by atoms with Crippen LogP contribution in [0.4, 0.5) is 5.69 Å². The molecule has 0 spiro atoms. The van der Waals surface area contributed by atoms with E-state index in [9.17, 15) is 4.79 Å². The Hall–Kier alpha value is -1.81. The molecule has 110 valence electrons. The number of hydrogen-bond acceptors (Lipinski definition) is 3. The van der Waals surface area contributed by atoms with Crippen LogP contribution in [0.2, 0.25) is 0 Å². The van der Waals surface area contributed by atoms with Crippen molar-refractivity contribution in [2.24, 2.45) is 0 Å². The van der Waals surface area contributed by atoms with Crippen LogP contribution >= 0.6 is 15.9 Å². The minimum atomic E-state index is -0.892. The van der Waals surface area contributed by atoms with Crippen molar-refractivity contribution in [2.45, 2.75) is 18.9 Å². The van der Waals surface area contributed by atoms with Crippen LogP contribution < -0.4 is 5.32 Å². The van der Waals surface area contributed by atoms with Crippen molar-refractivity contribution in [3.63, 3.8) is 0 Å². The molecule has 2 rings (SSSR count). The van der Waals surface area contributed by atoms with E-state index in [0.29, 0.717) is 6.42 Å². The smallest absolute Gasteiger partial charge is 0.336 e. The van der Waals surface area contributed by atoms with E-state index in [0.717, 1.165) is 15.7 Å². The molecule has 0 bridgehead atoms. The summed E-state index contributed by atoms with van der Waals surface area (Å²) >= 11 is 3.42. The Bertz CT molecular complexity index is 598. The van der Waals surface area contributed by atoms with Gasteiger partial charge >= 0.3 is 5.97 Å². The second-order valence-corrected chi connectivity index (χ2v) is 5.66. The van der Waals surface area contributed by atoms with Gasteiger partial charge in [0.05, 0.1) is 7.11 Å². The predicted octanol–water partition coefficient (Wildman–Crippen LogP) is 4.34. The lowest BCUT2D eigenvalue weighted by Gasteiger charge is -2.32. The topological polar surface area (TPSA) is 38.3 Å². The van der Waals surface area contributed by atoms with E-state index in [-0.39, 0.29) is 5.97 Å². The zero-order valence-electron chi connectivity index (χ0n) is 12.1. The molecule has 0 aromatic heterocycles. The third kappa shape index (κ3) is 3.27. The van der Waals surface area contributed by atoms with E-state index >= 15 is 0 Å². The van der Waals surface area contributed by atoms with E-state index in [2.05, 4.69) is 21.2 Å². The molecule has 0 saturated carbocycles. The van der Waals surface area contributed by atoms with Crippen molar-refractivity contribution in [1.29, 1.82) is 0 Å². The van der Waals surface area contributed by atoms with Crippen LogP contribution in [0.15, 0.2) is 59.1 Å². The van der Waals surface area contributed by atoms with Gasteiger partial charge in [-0.3, -0.25) is 0 Å². The minimum Gasteiger partial charge on any atom is -0.467 e. The minimum absolute atomic E-state index is 0.295. The molecule has 0 radical (unpaired) electrons. The van der Waals surface area contributed by atoms with Gasteiger partial charge < -0.3 is 10.1 Å². The summed E-state index contributed by atoms with van der Waals surface area (Å²) in [5.41, 5.74) is 0.869. The highest BCUT2D eigenvalue weighted by molar-refractivity contribution is 9.10. The fourth-order valence-corrected chi connectivity index (χ4v) is 2.62. The van der Waals surface area contributed by atoms with Crippen LogP contribution in [0.5, 0.6) is 0 Å². The molecule has 1 unspecified atom stereocenters. The number of nitrogens with one attached hydrogen (secondary N) is 1. The third-order valence-electron chi connectivity index (χ3n) is 3.53.